The van der Waals surface area contributed by atoms with E-state index in [9.17, 15) is 0 Å². The number of fused-ring (bicyclic) bond motifs is 7. The van der Waals surface area contributed by atoms with Crippen molar-refractivity contribution < 1.29 is 0 Å². The van der Waals surface area contributed by atoms with E-state index in [1.54, 1.807) is 0 Å². The van der Waals surface area contributed by atoms with Crippen molar-refractivity contribution in [3.63, 3.8) is 0 Å². The van der Waals surface area contributed by atoms with Gasteiger partial charge in [0.05, 0.1) is 28.3 Å². The van der Waals surface area contributed by atoms with Gasteiger partial charge in [-0.05, 0) is 59.7 Å². The number of nitrogens with zero attached hydrogens (tertiary/aromatic N) is 4. The summed E-state index contributed by atoms with van der Waals surface area (Å²) in [5.74, 6) is 0. The maximum absolute atomic E-state index is 5.22. The number of hydrogen-bond donors (Lipinski definition) is 0. The molecule has 0 fully saturated rings. The van der Waals surface area contributed by atoms with Crippen LogP contribution < -0.4 is 4.90 Å². The van der Waals surface area contributed by atoms with Crippen molar-refractivity contribution in [1.29, 1.82) is 0 Å². The topological polar surface area (TPSA) is 33.4 Å². The first kappa shape index (κ1) is 26.4. The lowest BCUT2D eigenvalue weighted by Crippen LogP contribution is -2.35. The van der Waals surface area contributed by atoms with Crippen LogP contribution >= 0.6 is 11.3 Å². The Kier molecular flexibility index (Phi) is 5.84. The molecule has 0 N–H and O–H groups in total. The second-order valence-corrected chi connectivity index (χ2v) is 13.3. The Balaban J connectivity index is 1.22. The first-order valence-corrected chi connectivity index (χ1v) is 16.8. The summed E-state index contributed by atoms with van der Waals surface area (Å²) in [7, 11) is 0. The number of anilines is 1. The molecule has 0 saturated heterocycles. The summed E-state index contributed by atoms with van der Waals surface area (Å²) < 4.78 is 4.99. The molecule has 5 heteroatoms. The van der Waals surface area contributed by atoms with Crippen LogP contribution in [0.5, 0.6) is 0 Å². The molecule has 2 aliphatic rings. The Morgan fingerprint density at radius 1 is 0.596 bits per heavy atom. The molecule has 0 bridgehead atoms. The SMILES string of the molecule is C1=CC2=NC(c3ccccc3)N(c3cccc(-n4c5cc6sc7ccccc7c6cc5c5ncc(-c6ccccc6)cc54)c3)C2C=C1. The van der Waals surface area contributed by atoms with Crippen LogP contribution in [0.1, 0.15) is 11.7 Å². The third-order valence-electron chi connectivity index (χ3n) is 9.50. The molecule has 4 heterocycles. The second kappa shape index (κ2) is 10.4. The van der Waals surface area contributed by atoms with Crippen molar-refractivity contribution in [2.24, 2.45) is 4.99 Å². The highest BCUT2D eigenvalue weighted by atomic mass is 32.1. The monoisotopic (exact) mass is 620 g/mol. The quantitative estimate of drug-likeness (QED) is 0.196. The fourth-order valence-corrected chi connectivity index (χ4v) is 8.47. The van der Waals surface area contributed by atoms with Crippen LogP contribution in [-0.2, 0) is 0 Å². The highest BCUT2D eigenvalue weighted by molar-refractivity contribution is 7.25. The average Bonchev–Trinajstić information content (AvgIpc) is 3.80. The minimum Gasteiger partial charge on any atom is -0.334 e. The van der Waals surface area contributed by atoms with Crippen LogP contribution in [-0.4, -0.2) is 21.3 Å². The Morgan fingerprint density at radius 2 is 1.40 bits per heavy atom. The van der Waals surface area contributed by atoms with Gasteiger partial charge in [0.15, 0.2) is 0 Å². The molecule has 0 radical (unpaired) electrons. The van der Waals surface area contributed by atoms with E-state index in [1.807, 2.05) is 17.5 Å². The van der Waals surface area contributed by atoms with Crippen molar-refractivity contribution in [2.75, 3.05) is 4.90 Å². The normalized spacial score (nSPS) is 17.3. The predicted molar refractivity (Wildman–Crippen MR) is 198 cm³/mol. The molecular formula is C42H28N4S. The summed E-state index contributed by atoms with van der Waals surface area (Å²) in [6.07, 6.45) is 10.5. The van der Waals surface area contributed by atoms with Crippen LogP contribution in [0.15, 0.2) is 163 Å². The fraction of sp³-hybridized carbons (Fsp3) is 0.0476. The first-order valence-electron chi connectivity index (χ1n) is 16.0. The summed E-state index contributed by atoms with van der Waals surface area (Å²) in [5.41, 5.74) is 10.0. The minimum atomic E-state index is -0.110. The molecule has 3 aromatic heterocycles. The highest BCUT2D eigenvalue weighted by Crippen LogP contribution is 2.42. The third-order valence-corrected chi connectivity index (χ3v) is 10.6. The molecule has 1 aliphatic heterocycles. The molecule has 0 amide bonds. The van der Waals surface area contributed by atoms with Gasteiger partial charge in [0, 0.05) is 48.7 Å². The van der Waals surface area contributed by atoms with Gasteiger partial charge >= 0.3 is 0 Å². The maximum atomic E-state index is 5.22. The molecule has 8 aromatic rings. The lowest BCUT2D eigenvalue weighted by molar-refractivity contribution is 0.696. The van der Waals surface area contributed by atoms with Crippen LogP contribution in [0, 0.1) is 0 Å². The van der Waals surface area contributed by atoms with E-state index in [0.717, 1.165) is 50.1 Å². The van der Waals surface area contributed by atoms with Crippen molar-refractivity contribution >= 4 is 64.8 Å². The van der Waals surface area contributed by atoms with Crippen molar-refractivity contribution in [1.82, 2.24) is 9.55 Å². The molecule has 47 heavy (non-hydrogen) atoms. The molecule has 10 rings (SSSR count). The molecular weight excluding hydrogens is 593 g/mol. The van der Waals surface area contributed by atoms with Crippen LogP contribution in [0.4, 0.5) is 5.69 Å². The smallest absolute Gasteiger partial charge is 0.148 e. The van der Waals surface area contributed by atoms with Gasteiger partial charge in [0.1, 0.15) is 6.17 Å². The molecule has 2 unspecified atom stereocenters. The molecule has 222 valence electrons. The van der Waals surface area contributed by atoms with E-state index >= 15 is 0 Å². The third kappa shape index (κ3) is 4.13. The summed E-state index contributed by atoms with van der Waals surface area (Å²) in [5, 5.41) is 3.74. The Labute approximate surface area is 275 Å². The lowest BCUT2D eigenvalue weighted by atomic mass is 10.0. The first-order chi connectivity index (χ1) is 23.3. The molecule has 1 aliphatic carbocycles. The van der Waals surface area contributed by atoms with Gasteiger partial charge in [0.2, 0.25) is 0 Å². The Morgan fingerprint density at radius 3 is 2.30 bits per heavy atom. The number of pyridine rings is 1. The minimum absolute atomic E-state index is 0.0723. The number of allylic oxidation sites excluding steroid dienone is 2. The van der Waals surface area contributed by atoms with Crippen LogP contribution in [0.2, 0.25) is 0 Å². The Bertz CT molecular complexity index is 2590. The average molecular weight is 621 g/mol. The fourth-order valence-electron chi connectivity index (χ4n) is 7.35. The zero-order chi connectivity index (χ0) is 30.9. The second-order valence-electron chi connectivity index (χ2n) is 12.2. The Hall–Kier alpha value is -5.78. The standard InChI is InChI=1S/C42H28N4S/c1-3-12-27(13-4-1)29-22-38-41(43-26-29)34-24-33-32-18-7-10-21-39(32)47-40(33)25-37(34)45(38)30-16-11-17-31(23-30)46-36-20-9-8-19-35(36)44-42(46)28-14-5-2-6-15-28/h1-26,36,42H. The van der Waals surface area contributed by atoms with Crippen LogP contribution in [0.3, 0.4) is 0 Å². The van der Waals surface area contributed by atoms with Gasteiger partial charge in [0.25, 0.3) is 0 Å². The number of benzene rings is 5. The van der Waals surface area contributed by atoms with Crippen molar-refractivity contribution in [2.45, 2.75) is 12.2 Å². The molecule has 2 atom stereocenters. The number of rotatable bonds is 4. The van der Waals surface area contributed by atoms with Gasteiger partial charge in [-0.2, -0.15) is 0 Å². The molecule has 4 nitrogen and oxygen atoms in total. The highest BCUT2D eigenvalue weighted by Gasteiger charge is 2.35. The van der Waals surface area contributed by atoms with Gasteiger partial charge in [-0.3, -0.25) is 9.98 Å². The summed E-state index contributed by atoms with van der Waals surface area (Å²) in [6, 6.07) is 45.9. The van der Waals surface area contributed by atoms with E-state index in [4.69, 9.17) is 9.98 Å². The van der Waals surface area contributed by atoms with Gasteiger partial charge in [-0.1, -0.05) is 103 Å². The number of thiophene rings is 1. The molecule has 0 saturated carbocycles. The number of aromatic nitrogens is 2. The van der Waals surface area contributed by atoms with Crippen molar-refractivity contribution in [3.05, 3.63) is 163 Å². The van der Waals surface area contributed by atoms with Gasteiger partial charge in [-0.25, -0.2) is 0 Å². The predicted octanol–water partition coefficient (Wildman–Crippen LogP) is 10.7. The van der Waals surface area contributed by atoms with E-state index < -0.39 is 0 Å². The molecule has 5 aromatic carbocycles. The largest absolute Gasteiger partial charge is 0.334 e. The summed E-state index contributed by atoms with van der Waals surface area (Å²) in [4.78, 5) is 12.8. The number of aliphatic imine (C=N–C) groups is 1. The zero-order valence-corrected chi connectivity index (χ0v) is 26.2. The van der Waals surface area contributed by atoms with E-state index in [1.165, 1.54) is 25.7 Å². The van der Waals surface area contributed by atoms with Gasteiger partial charge < -0.3 is 9.47 Å². The maximum Gasteiger partial charge on any atom is 0.148 e. The number of hydrogen-bond acceptors (Lipinski definition) is 4. The van der Waals surface area contributed by atoms with Crippen LogP contribution in [0.25, 0.3) is 58.9 Å². The zero-order valence-electron chi connectivity index (χ0n) is 25.4. The molecule has 0 spiro atoms. The summed E-state index contributed by atoms with van der Waals surface area (Å²) in [6.45, 7) is 0. The van der Waals surface area contributed by atoms with E-state index in [2.05, 4.69) is 161 Å². The van der Waals surface area contributed by atoms with E-state index in [0.29, 0.717) is 0 Å². The van der Waals surface area contributed by atoms with E-state index in [-0.39, 0.29) is 12.2 Å². The summed E-state index contributed by atoms with van der Waals surface area (Å²) >= 11 is 1.85. The lowest BCUT2D eigenvalue weighted by Gasteiger charge is -2.31. The van der Waals surface area contributed by atoms with Crippen molar-refractivity contribution in [3.8, 4) is 16.8 Å². The van der Waals surface area contributed by atoms with Gasteiger partial charge in [-0.15, -0.1) is 11.3 Å².